The maximum atomic E-state index is 12.4. The number of hydrogen-bond donors (Lipinski definition) is 3. The molecule has 0 radical (unpaired) electrons. The largest absolute Gasteiger partial charge is 0.356 e. The molecule has 2 amide bonds. The number of aromatic amines is 1. The Bertz CT molecular complexity index is 740. The van der Waals surface area contributed by atoms with E-state index < -0.39 is 5.91 Å². The number of carbonyl (C=O) groups is 2. The summed E-state index contributed by atoms with van der Waals surface area (Å²) in [6.07, 6.45) is 6.71. The number of nitrogens with zero attached hydrogens (tertiary/aromatic N) is 2. The maximum Gasteiger partial charge on any atom is 0.286 e. The number of piperidine rings is 1. The number of pyridine rings is 1. The van der Waals surface area contributed by atoms with Gasteiger partial charge in [-0.2, -0.15) is 0 Å². The SMILES string of the molecule is O=C(NNC(=O)c1cccnc1N1CCCCC1)c1cc(Br)c[nH]1. The van der Waals surface area contributed by atoms with Crippen molar-refractivity contribution in [3.05, 3.63) is 46.3 Å². The highest BCUT2D eigenvalue weighted by Gasteiger charge is 2.20. The predicted octanol–water partition coefficient (Wildman–Crippen LogP) is 2.24. The van der Waals surface area contributed by atoms with Crippen molar-refractivity contribution in [1.82, 2.24) is 20.8 Å². The first-order chi connectivity index (χ1) is 11.6. The molecule has 0 aliphatic carbocycles. The second kappa shape index (κ2) is 7.48. The van der Waals surface area contributed by atoms with Gasteiger partial charge in [-0.25, -0.2) is 4.98 Å². The summed E-state index contributed by atoms with van der Waals surface area (Å²) < 4.78 is 0.763. The Hall–Kier alpha value is -2.35. The van der Waals surface area contributed by atoms with Crippen LogP contribution in [-0.2, 0) is 0 Å². The van der Waals surface area contributed by atoms with Crippen LogP contribution in [0.2, 0.25) is 0 Å². The number of hydrazine groups is 1. The Morgan fingerprint density at radius 2 is 1.92 bits per heavy atom. The smallest absolute Gasteiger partial charge is 0.286 e. The van der Waals surface area contributed by atoms with E-state index in [0.717, 1.165) is 30.4 Å². The summed E-state index contributed by atoms with van der Waals surface area (Å²) in [6, 6.07) is 5.06. The predicted molar refractivity (Wildman–Crippen MR) is 93.7 cm³/mol. The number of hydrogen-bond acceptors (Lipinski definition) is 4. The summed E-state index contributed by atoms with van der Waals surface area (Å²) in [4.78, 5) is 33.7. The molecule has 0 atom stereocenters. The molecule has 0 aromatic carbocycles. The average molecular weight is 392 g/mol. The highest BCUT2D eigenvalue weighted by molar-refractivity contribution is 9.10. The third-order valence-electron chi connectivity index (χ3n) is 3.87. The number of rotatable bonds is 3. The summed E-state index contributed by atoms with van der Waals surface area (Å²) in [6.45, 7) is 1.78. The number of aromatic nitrogens is 2. The minimum absolute atomic E-state index is 0.351. The number of H-pyrrole nitrogens is 1. The standard InChI is InChI=1S/C16H18BrN5O2/c17-11-9-13(19-10-11)16(24)21-20-15(23)12-5-4-6-18-14(12)22-7-2-1-3-8-22/h4-6,9-10,19H,1-3,7-8H2,(H,20,23)(H,21,24). The van der Waals surface area contributed by atoms with E-state index in [-0.39, 0.29) is 5.91 Å². The lowest BCUT2D eigenvalue weighted by atomic mass is 10.1. The van der Waals surface area contributed by atoms with Gasteiger partial charge in [-0.05, 0) is 53.4 Å². The van der Waals surface area contributed by atoms with Crippen LogP contribution < -0.4 is 15.8 Å². The minimum atomic E-state index is -0.419. The first-order valence-electron chi connectivity index (χ1n) is 7.80. The van der Waals surface area contributed by atoms with Gasteiger partial charge in [0.15, 0.2) is 0 Å². The molecule has 8 heteroatoms. The maximum absolute atomic E-state index is 12.4. The van der Waals surface area contributed by atoms with Crippen molar-refractivity contribution >= 4 is 33.6 Å². The van der Waals surface area contributed by atoms with Gasteiger partial charge in [0, 0.05) is 30.0 Å². The van der Waals surface area contributed by atoms with Crippen molar-refractivity contribution in [1.29, 1.82) is 0 Å². The van der Waals surface area contributed by atoms with E-state index in [1.54, 1.807) is 30.6 Å². The van der Waals surface area contributed by atoms with E-state index >= 15 is 0 Å². The van der Waals surface area contributed by atoms with Crippen molar-refractivity contribution in [3.63, 3.8) is 0 Å². The highest BCUT2D eigenvalue weighted by Crippen LogP contribution is 2.21. The zero-order valence-electron chi connectivity index (χ0n) is 13.0. The van der Waals surface area contributed by atoms with Gasteiger partial charge in [0.2, 0.25) is 0 Å². The lowest BCUT2D eigenvalue weighted by Gasteiger charge is -2.29. The molecule has 2 aromatic heterocycles. The molecule has 1 saturated heterocycles. The lowest BCUT2D eigenvalue weighted by molar-refractivity contribution is 0.0844. The van der Waals surface area contributed by atoms with Gasteiger partial charge < -0.3 is 9.88 Å². The van der Waals surface area contributed by atoms with Crippen LogP contribution in [-0.4, -0.2) is 34.9 Å². The van der Waals surface area contributed by atoms with Crippen molar-refractivity contribution in [2.45, 2.75) is 19.3 Å². The van der Waals surface area contributed by atoms with E-state index in [0.29, 0.717) is 17.1 Å². The van der Waals surface area contributed by atoms with Gasteiger partial charge in [-0.1, -0.05) is 0 Å². The van der Waals surface area contributed by atoms with Crippen LogP contribution in [0, 0.1) is 0 Å². The molecule has 3 heterocycles. The fourth-order valence-corrected chi connectivity index (χ4v) is 3.02. The average Bonchev–Trinajstić information content (AvgIpc) is 3.06. The molecule has 0 spiro atoms. The van der Waals surface area contributed by atoms with Crippen LogP contribution in [0.15, 0.2) is 35.1 Å². The van der Waals surface area contributed by atoms with E-state index in [1.165, 1.54) is 6.42 Å². The van der Waals surface area contributed by atoms with Gasteiger partial charge in [0.25, 0.3) is 11.8 Å². The fourth-order valence-electron chi connectivity index (χ4n) is 2.68. The van der Waals surface area contributed by atoms with Crippen LogP contribution in [0.1, 0.15) is 40.1 Å². The third-order valence-corrected chi connectivity index (χ3v) is 4.33. The normalized spacial score (nSPS) is 14.3. The number of anilines is 1. The summed E-state index contributed by atoms with van der Waals surface area (Å²) in [7, 11) is 0. The van der Waals surface area contributed by atoms with Gasteiger partial charge in [-0.3, -0.25) is 20.4 Å². The topological polar surface area (TPSA) is 90.1 Å². The quantitative estimate of drug-likeness (QED) is 0.699. The van der Waals surface area contributed by atoms with Gasteiger partial charge >= 0.3 is 0 Å². The molecule has 2 aromatic rings. The summed E-state index contributed by atoms with van der Waals surface area (Å²) >= 11 is 3.26. The van der Waals surface area contributed by atoms with E-state index in [2.05, 4.69) is 41.6 Å². The number of halogens is 1. The molecule has 3 rings (SSSR count). The molecule has 1 fully saturated rings. The molecule has 0 saturated carbocycles. The number of amides is 2. The molecule has 3 N–H and O–H groups in total. The second-order valence-corrected chi connectivity index (χ2v) is 6.48. The minimum Gasteiger partial charge on any atom is -0.356 e. The summed E-state index contributed by atoms with van der Waals surface area (Å²) in [5.41, 5.74) is 5.65. The van der Waals surface area contributed by atoms with Crippen LogP contribution in [0.4, 0.5) is 5.82 Å². The van der Waals surface area contributed by atoms with Crippen LogP contribution >= 0.6 is 15.9 Å². The number of nitrogens with one attached hydrogen (secondary N) is 3. The Morgan fingerprint density at radius 1 is 1.17 bits per heavy atom. The first-order valence-corrected chi connectivity index (χ1v) is 8.59. The van der Waals surface area contributed by atoms with Crippen molar-refractivity contribution < 1.29 is 9.59 Å². The third kappa shape index (κ3) is 3.76. The second-order valence-electron chi connectivity index (χ2n) is 5.56. The molecule has 1 aliphatic rings. The lowest BCUT2D eigenvalue weighted by Crippen LogP contribution is -2.42. The Kier molecular flexibility index (Phi) is 5.14. The Morgan fingerprint density at radius 3 is 2.62 bits per heavy atom. The van der Waals surface area contributed by atoms with E-state index in [9.17, 15) is 9.59 Å². The monoisotopic (exact) mass is 391 g/mol. The van der Waals surface area contributed by atoms with Crippen LogP contribution in [0.25, 0.3) is 0 Å². The van der Waals surface area contributed by atoms with Crippen molar-refractivity contribution in [2.24, 2.45) is 0 Å². The zero-order chi connectivity index (χ0) is 16.9. The van der Waals surface area contributed by atoms with Gasteiger partial charge in [-0.15, -0.1) is 0 Å². The van der Waals surface area contributed by atoms with Crippen LogP contribution in [0.5, 0.6) is 0 Å². The van der Waals surface area contributed by atoms with Crippen molar-refractivity contribution in [3.8, 4) is 0 Å². The molecule has 0 unspecified atom stereocenters. The molecule has 0 bridgehead atoms. The highest BCUT2D eigenvalue weighted by atomic mass is 79.9. The first kappa shape index (κ1) is 16.5. The van der Waals surface area contributed by atoms with Gasteiger partial charge in [0.1, 0.15) is 11.5 Å². The molecule has 24 heavy (non-hydrogen) atoms. The molecule has 7 nitrogen and oxygen atoms in total. The molecular weight excluding hydrogens is 374 g/mol. The Balaban J connectivity index is 1.67. The molecule has 126 valence electrons. The summed E-state index contributed by atoms with van der Waals surface area (Å²) in [5, 5.41) is 0. The zero-order valence-corrected chi connectivity index (χ0v) is 14.6. The van der Waals surface area contributed by atoms with Crippen LogP contribution in [0.3, 0.4) is 0 Å². The van der Waals surface area contributed by atoms with E-state index in [1.807, 2.05) is 0 Å². The molecule has 1 aliphatic heterocycles. The molecular formula is C16H18BrN5O2. The number of carbonyl (C=O) groups excluding carboxylic acids is 2. The van der Waals surface area contributed by atoms with Crippen molar-refractivity contribution in [2.75, 3.05) is 18.0 Å². The fraction of sp³-hybridized carbons (Fsp3) is 0.312. The van der Waals surface area contributed by atoms with Gasteiger partial charge in [0.05, 0.1) is 5.56 Å². The Labute approximate surface area is 147 Å². The summed E-state index contributed by atoms with van der Waals surface area (Å²) in [5.74, 6) is -0.147. The van der Waals surface area contributed by atoms with E-state index in [4.69, 9.17) is 0 Å².